The van der Waals surface area contributed by atoms with E-state index in [1.807, 2.05) is 46.8 Å². The zero-order valence-electron chi connectivity index (χ0n) is 12.3. The largest absolute Gasteiger partial charge is 0.345 e. The van der Waals surface area contributed by atoms with Gasteiger partial charge in [0.1, 0.15) is 0 Å². The van der Waals surface area contributed by atoms with E-state index < -0.39 is 11.8 Å². The summed E-state index contributed by atoms with van der Waals surface area (Å²) in [6, 6.07) is 3.96. The molecule has 19 heavy (non-hydrogen) atoms. The van der Waals surface area contributed by atoms with E-state index in [0.717, 1.165) is 28.8 Å². The second kappa shape index (κ2) is 6.36. The fourth-order valence-electron chi connectivity index (χ4n) is 1.94. The monoisotopic (exact) mass is 262 g/mol. The van der Waals surface area contributed by atoms with Crippen molar-refractivity contribution >= 4 is 17.5 Å². The van der Waals surface area contributed by atoms with Crippen molar-refractivity contribution in [2.75, 3.05) is 5.32 Å². The average molecular weight is 262 g/mol. The first kappa shape index (κ1) is 15.2. The van der Waals surface area contributed by atoms with Crippen molar-refractivity contribution in [3.8, 4) is 0 Å². The predicted molar refractivity (Wildman–Crippen MR) is 77.2 cm³/mol. The second-order valence-corrected chi connectivity index (χ2v) is 5.01. The molecule has 1 rings (SSSR count). The Morgan fingerprint density at radius 1 is 1.11 bits per heavy atom. The Labute approximate surface area is 114 Å². The number of amides is 2. The predicted octanol–water partition coefficient (Wildman–Crippen LogP) is 2.47. The van der Waals surface area contributed by atoms with Crippen molar-refractivity contribution in [2.45, 2.75) is 47.1 Å². The van der Waals surface area contributed by atoms with Gasteiger partial charge in [0.25, 0.3) is 0 Å². The summed E-state index contributed by atoms with van der Waals surface area (Å²) in [4.78, 5) is 23.5. The molecule has 0 spiro atoms. The minimum atomic E-state index is -0.615. The molecule has 1 aromatic carbocycles. The summed E-state index contributed by atoms with van der Waals surface area (Å²) in [5.74, 6) is -1.20. The van der Waals surface area contributed by atoms with Gasteiger partial charge in [-0.25, -0.2) is 0 Å². The van der Waals surface area contributed by atoms with E-state index >= 15 is 0 Å². The Morgan fingerprint density at radius 3 is 2.11 bits per heavy atom. The fraction of sp³-hybridized carbons (Fsp3) is 0.467. The lowest BCUT2D eigenvalue weighted by Gasteiger charge is -2.14. The van der Waals surface area contributed by atoms with Gasteiger partial charge in [-0.05, 0) is 45.2 Å². The van der Waals surface area contributed by atoms with Gasteiger partial charge in [0.15, 0.2) is 0 Å². The van der Waals surface area contributed by atoms with Crippen LogP contribution in [-0.2, 0) is 9.59 Å². The maximum atomic E-state index is 11.8. The van der Waals surface area contributed by atoms with Crippen LogP contribution in [0.2, 0.25) is 0 Å². The quantitative estimate of drug-likeness (QED) is 0.822. The van der Waals surface area contributed by atoms with Crippen LogP contribution in [0.3, 0.4) is 0 Å². The highest BCUT2D eigenvalue weighted by atomic mass is 16.2. The third kappa shape index (κ3) is 4.09. The van der Waals surface area contributed by atoms with Crippen LogP contribution in [-0.4, -0.2) is 17.9 Å². The average Bonchev–Trinajstić information content (AvgIpc) is 2.32. The third-order valence-corrected chi connectivity index (χ3v) is 3.11. The number of aryl methyl sites for hydroxylation is 3. The normalized spacial score (nSPS) is 11.8. The molecule has 2 amide bonds. The van der Waals surface area contributed by atoms with E-state index in [1.165, 1.54) is 0 Å². The molecule has 2 N–H and O–H groups in total. The number of rotatable bonds is 3. The molecular formula is C15H22N2O2. The number of carbonyl (C=O) groups is 2. The van der Waals surface area contributed by atoms with Crippen LogP contribution in [0.25, 0.3) is 0 Å². The van der Waals surface area contributed by atoms with Gasteiger partial charge in [0, 0.05) is 11.7 Å². The summed E-state index contributed by atoms with van der Waals surface area (Å²) < 4.78 is 0. The molecule has 0 aliphatic rings. The van der Waals surface area contributed by atoms with Crippen LogP contribution >= 0.6 is 0 Å². The van der Waals surface area contributed by atoms with Crippen LogP contribution in [0.15, 0.2) is 12.1 Å². The van der Waals surface area contributed by atoms with Crippen molar-refractivity contribution in [1.82, 2.24) is 5.32 Å². The van der Waals surface area contributed by atoms with Crippen molar-refractivity contribution in [1.29, 1.82) is 0 Å². The Hall–Kier alpha value is -1.84. The molecule has 0 saturated heterocycles. The Morgan fingerprint density at radius 2 is 1.63 bits per heavy atom. The molecule has 0 heterocycles. The zero-order valence-corrected chi connectivity index (χ0v) is 12.3. The first-order valence-corrected chi connectivity index (χ1v) is 6.54. The Balaban J connectivity index is 2.80. The number of carbonyl (C=O) groups excluding carboxylic acids is 2. The molecule has 1 aromatic rings. The summed E-state index contributed by atoms with van der Waals surface area (Å²) in [5.41, 5.74) is 3.77. The Kier molecular flexibility index (Phi) is 5.10. The first-order valence-electron chi connectivity index (χ1n) is 6.54. The molecule has 0 unspecified atom stereocenters. The van der Waals surface area contributed by atoms with E-state index in [2.05, 4.69) is 10.6 Å². The van der Waals surface area contributed by atoms with E-state index in [1.54, 1.807) is 0 Å². The second-order valence-electron chi connectivity index (χ2n) is 5.01. The molecule has 104 valence electrons. The van der Waals surface area contributed by atoms with Gasteiger partial charge in [-0.3, -0.25) is 9.59 Å². The van der Waals surface area contributed by atoms with E-state index in [-0.39, 0.29) is 6.04 Å². The van der Waals surface area contributed by atoms with Crippen molar-refractivity contribution in [3.05, 3.63) is 28.8 Å². The van der Waals surface area contributed by atoms with Crippen LogP contribution in [0, 0.1) is 20.8 Å². The highest BCUT2D eigenvalue weighted by Crippen LogP contribution is 2.21. The highest BCUT2D eigenvalue weighted by Gasteiger charge is 2.17. The molecular weight excluding hydrogens is 240 g/mol. The van der Waals surface area contributed by atoms with Crippen LogP contribution in [0.5, 0.6) is 0 Å². The van der Waals surface area contributed by atoms with Gasteiger partial charge >= 0.3 is 11.8 Å². The van der Waals surface area contributed by atoms with E-state index in [9.17, 15) is 9.59 Å². The minimum absolute atomic E-state index is 0.00142. The molecule has 0 bridgehead atoms. The van der Waals surface area contributed by atoms with Gasteiger partial charge in [-0.2, -0.15) is 0 Å². The number of nitrogens with one attached hydrogen (secondary N) is 2. The first-order chi connectivity index (χ1) is 8.85. The standard InChI is InChI=1S/C15H22N2O2/c1-6-12(5)16-14(18)15(19)17-13-10(3)7-9(2)8-11(13)4/h7-8,12H,6H2,1-5H3,(H,16,18)(H,17,19)/t12-/m1/s1. The lowest BCUT2D eigenvalue weighted by Crippen LogP contribution is -2.40. The van der Waals surface area contributed by atoms with Gasteiger partial charge < -0.3 is 10.6 Å². The maximum absolute atomic E-state index is 11.8. The third-order valence-electron chi connectivity index (χ3n) is 3.11. The Bertz CT molecular complexity index is 472. The highest BCUT2D eigenvalue weighted by molar-refractivity contribution is 6.39. The zero-order chi connectivity index (χ0) is 14.6. The molecule has 4 heteroatoms. The minimum Gasteiger partial charge on any atom is -0.345 e. The smallest absolute Gasteiger partial charge is 0.313 e. The topological polar surface area (TPSA) is 58.2 Å². The lowest BCUT2D eigenvalue weighted by molar-refractivity contribution is -0.136. The number of hydrogen-bond acceptors (Lipinski definition) is 2. The maximum Gasteiger partial charge on any atom is 0.313 e. The van der Waals surface area contributed by atoms with Crippen LogP contribution in [0.1, 0.15) is 37.0 Å². The molecule has 0 fully saturated rings. The van der Waals surface area contributed by atoms with Crippen molar-refractivity contribution in [2.24, 2.45) is 0 Å². The molecule has 4 nitrogen and oxygen atoms in total. The summed E-state index contributed by atoms with van der Waals surface area (Å²) in [5, 5.41) is 5.33. The molecule has 0 aliphatic heterocycles. The summed E-state index contributed by atoms with van der Waals surface area (Å²) in [6.45, 7) is 9.66. The fourth-order valence-corrected chi connectivity index (χ4v) is 1.94. The number of anilines is 1. The molecule has 0 saturated carbocycles. The van der Waals surface area contributed by atoms with Gasteiger partial charge in [0.05, 0.1) is 0 Å². The summed E-state index contributed by atoms with van der Waals surface area (Å²) >= 11 is 0. The summed E-state index contributed by atoms with van der Waals surface area (Å²) in [6.07, 6.45) is 0.793. The molecule has 0 aliphatic carbocycles. The van der Waals surface area contributed by atoms with Crippen LogP contribution < -0.4 is 10.6 Å². The molecule has 0 aromatic heterocycles. The van der Waals surface area contributed by atoms with E-state index in [4.69, 9.17) is 0 Å². The number of benzene rings is 1. The molecule has 1 atom stereocenters. The van der Waals surface area contributed by atoms with E-state index in [0.29, 0.717) is 0 Å². The van der Waals surface area contributed by atoms with Gasteiger partial charge in [0.2, 0.25) is 0 Å². The van der Waals surface area contributed by atoms with Crippen molar-refractivity contribution < 1.29 is 9.59 Å². The van der Waals surface area contributed by atoms with Gasteiger partial charge in [-0.15, -0.1) is 0 Å². The SMILES string of the molecule is CC[C@@H](C)NC(=O)C(=O)Nc1c(C)cc(C)cc1C. The van der Waals surface area contributed by atoms with Crippen LogP contribution in [0.4, 0.5) is 5.69 Å². The summed E-state index contributed by atoms with van der Waals surface area (Å²) in [7, 11) is 0. The lowest BCUT2D eigenvalue weighted by atomic mass is 10.1. The molecule has 0 radical (unpaired) electrons. The number of hydrogen-bond donors (Lipinski definition) is 2. The van der Waals surface area contributed by atoms with Gasteiger partial charge in [-0.1, -0.05) is 24.6 Å². The van der Waals surface area contributed by atoms with Crippen molar-refractivity contribution in [3.63, 3.8) is 0 Å².